The number of nitrogens with one attached hydrogen (secondary N) is 2. The molecule has 0 unspecified atom stereocenters. The van der Waals surface area contributed by atoms with Gasteiger partial charge in [0.2, 0.25) is 0 Å². The van der Waals surface area contributed by atoms with E-state index < -0.39 is 0 Å². The topological polar surface area (TPSA) is 89.3 Å². The van der Waals surface area contributed by atoms with Crippen molar-refractivity contribution < 1.29 is 9.53 Å². The van der Waals surface area contributed by atoms with Crippen LogP contribution in [0.3, 0.4) is 0 Å². The summed E-state index contributed by atoms with van der Waals surface area (Å²) >= 11 is 1.28. The molecule has 0 spiro atoms. The van der Waals surface area contributed by atoms with Gasteiger partial charge in [-0.05, 0) is 33.6 Å². The lowest BCUT2D eigenvalue weighted by atomic mass is 10.1. The highest BCUT2D eigenvalue weighted by Crippen LogP contribution is 2.26. The van der Waals surface area contributed by atoms with Crippen LogP contribution in [0.5, 0.6) is 0 Å². The van der Waals surface area contributed by atoms with Crippen LogP contribution in [0.2, 0.25) is 0 Å². The molecule has 0 atom stereocenters. The molecule has 21 heavy (non-hydrogen) atoms. The molecule has 0 aliphatic carbocycles. The number of hydrogen-bond acceptors (Lipinski definition) is 6. The van der Waals surface area contributed by atoms with Gasteiger partial charge >= 0.3 is 0 Å². The zero-order chi connectivity index (χ0) is 15.9. The van der Waals surface area contributed by atoms with Gasteiger partial charge in [-0.3, -0.25) is 4.79 Å². The van der Waals surface area contributed by atoms with E-state index in [0.29, 0.717) is 23.2 Å². The summed E-state index contributed by atoms with van der Waals surface area (Å²) in [5.74, 6) is 0.0916. The maximum atomic E-state index is 12.0. The SMILES string of the molecule is CCCOCCCNC(=O)c1sc(NC(C)(C)C)nc1N. The Morgan fingerprint density at radius 2 is 2.10 bits per heavy atom. The third kappa shape index (κ3) is 6.77. The first-order valence-corrected chi connectivity index (χ1v) is 8.05. The van der Waals surface area contributed by atoms with Crippen LogP contribution in [-0.2, 0) is 4.74 Å². The predicted molar refractivity (Wildman–Crippen MR) is 88.0 cm³/mol. The van der Waals surface area contributed by atoms with Gasteiger partial charge in [-0.1, -0.05) is 18.3 Å². The van der Waals surface area contributed by atoms with Crippen molar-refractivity contribution in [1.29, 1.82) is 0 Å². The second kappa shape index (κ2) is 8.19. The number of nitrogen functional groups attached to an aromatic ring is 1. The van der Waals surface area contributed by atoms with Crippen LogP contribution in [-0.4, -0.2) is 36.2 Å². The molecule has 1 aromatic rings. The lowest BCUT2D eigenvalue weighted by Crippen LogP contribution is -2.26. The number of ether oxygens (including phenoxy) is 1. The summed E-state index contributed by atoms with van der Waals surface area (Å²) in [6.07, 6.45) is 1.80. The van der Waals surface area contributed by atoms with Crippen molar-refractivity contribution in [2.45, 2.75) is 46.1 Å². The Morgan fingerprint density at radius 1 is 1.38 bits per heavy atom. The zero-order valence-corrected chi connectivity index (χ0v) is 14.1. The number of amides is 1. The lowest BCUT2D eigenvalue weighted by Gasteiger charge is -2.19. The normalized spacial score (nSPS) is 11.4. The number of nitrogens with zero attached hydrogens (tertiary/aromatic N) is 1. The fourth-order valence-electron chi connectivity index (χ4n) is 1.57. The maximum Gasteiger partial charge on any atom is 0.265 e. The average Bonchev–Trinajstić information content (AvgIpc) is 2.72. The minimum Gasteiger partial charge on any atom is -0.382 e. The molecule has 6 nitrogen and oxygen atoms in total. The third-order valence-corrected chi connectivity index (χ3v) is 3.43. The van der Waals surface area contributed by atoms with Gasteiger partial charge < -0.3 is 21.1 Å². The van der Waals surface area contributed by atoms with Crippen molar-refractivity contribution in [1.82, 2.24) is 10.3 Å². The number of anilines is 2. The highest BCUT2D eigenvalue weighted by atomic mass is 32.1. The molecular weight excluding hydrogens is 288 g/mol. The Hall–Kier alpha value is -1.34. The molecule has 1 heterocycles. The Labute approximate surface area is 130 Å². The summed E-state index contributed by atoms with van der Waals surface area (Å²) in [6, 6.07) is 0. The Kier molecular flexibility index (Phi) is 6.91. The molecule has 0 aliphatic rings. The smallest absolute Gasteiger partial charge is 0.265 e. The molecule has 1 aromatic heterocycles. The number of aromatic nitrogens is 1. The van der Waals surface area contributed by atoms with Gasteiger partial charge in [0.1, 0.15) is 10.7 Å². The number of carbonyl (C=O) groups excluding carboxylic acids is 1. The standard InChI is InChI=1S/C14H26N4O2S/c1-5-8-20-9-6-7-16-12(19)10-11(15)17-13(21-10)18-14(2,3)4/h5-9,15H2,1-4H3,(H,16,19)(H,17,18). The van der Waals surface area contributed by atoms with Gasteiger partial charge in [0.15, 0.2) is 5.13 Å². The average molecular weight is 314 g/mol. The number of nitrogens with two attached hydrogens (primary N) is 1. The van der Waals surface area contributed by atoms with Crippen LogP contribution in [0.15, 0.2) is 0 Å². The van der Waals surface area contributed by atoms with Gasteiger partial charge in [0, 0.05) is 25.3 Å². The molecule has 1 amide bonds. The minimum atomic E-state index is -0.178. The molecule has 0 saturated carbocycles. The highest BCUT2D eigenvalue weighted by molar-refractivity contribution is 7.18. The molecule has 0 radical (unpaired) electrons. The fourth-order valence-corrected chi connectivity index (χ4v) is 2.58. The highest BCUT2D eigenvalue weighted by Gasteiger charge is 2.18. The fraction of sp³-hybridized carbons (Fsp3) is 0.714. The molecule has 1 rings (SSSR count). The maximum absolute atomic E-state index is 12.0. The van der Waals surface area contributed by atoms with E-state index in [1.807, 2.05) is 20.8 Å². The van der Waals surface area contributed by atoms with Crippen LogP contribution in [0.25, 0.3) is 0 Å². The quantitative estimate of drug-likeness (QED) is 0.641. The molecule has 120 valence electrons. The van der Waals surface area contributed by atoms with E-state index in [4.69, 9.17) is 10.5 Å². The second-order valence-electron chi connectivity index (χ2n) is 5.83. The first-order chi connectivity index (χ1) is 9.83. The molecular formula is C14H26N4O2S. The van der Waals surface area contributed by atoms with Crippen molar-refractivity contribution in [2.75, 3.05) is 30.8 Å². The molecule has 7 heteroatoms. The van der Waals surface area contributed by atoms with E-state index in [-0.39, 0.29) is 17.3 Å². The summed E-state index contributed by atoms with van der Waals surface area (Å²) in [5, 5.41) is 6.71. The largest absolute Gasteiger partial charge is 0.382 e. The van der Waals surface area contributed by atoms with Crippen molar-refractivity contribution in [3.8, 4) is 0 Å². The van der Waals surface area contributed by atoms with E-state index in [9.17, 15) is 4.79 Å². The Balaban J connectivity index is 2.43. The van der Waals surface area contributed by atoms with Crippen molar-refractivity contribution in [3.05, 3.63) is 4.88 Å². The first kappa shape index (κ1) is 17.7. The lowest BCUT2D eigenvalue weighted by molar-refractivity contribution is 0.0946. The Morgan fingerprint density at radius 3 is 2.71 bits per heavy atom. The van der Waals surface area contributed by atoms with Crippen LogP contribution >= 0.6 is 11.3 Å². The van der Waals surface area contributed by atoms with E-state index in [2.05, 4.69) is 22.5 Å². The van der Waals surface area contributed by atoms with Gasteiger partial charge in [-0.2, -0.15) is 0 Å². The predicted octanol–water partition coefficient (Wildman–Crippen LogP) is 2.48. The molecule has 0 aliphatic heterocycles. The van der Waals surface area contributed by atoms with E-state index in [1.165, 1.54) is 11.3 Å². The van der Waals surface area contributed by atoms with E-state index >= 15 is 0 Å². The molecule has 0 aromatic carbocycles. The first-order valence-electron chi connectivity index (χ1n) is 7.24. The number of hydrogen-bond donors (Lipinski definition) is 3. The van der Waals surface area contributed by atoms with Gasteiger partial charge in [0.25, 0.3) is 5.91 Å². The van der Waals surface area contributed by atoms with Crippen molar-refractivity contribution >= 4 is 28.2 Å². The summed E-state index contributed by atoms with van der Waals surface area (Å²) in [7, 11) is 0. The third-order valence-electron chi connectivity index (χ3n) is 2.44. The summed E-state index contributed by atoms with van der Waals surface area (Å²) in [5.41, 5.74) is 5.69. The van der Waals surface area contributed by atoms with E-state index in [1.54, 1.807) is 0 Å². The molecule has 0 saturated heterocycles. The zero-order valence-electron chi connectivity index (χ0n) is 13.3. The van der Waals surface area contributed by atoms with Crippen molar-refractivity contribution in [3.63, 3.8) is 0 Å². The Bertz CT molecular complexity index is 454. The molecule has 0 bridgehead atoms. The number of thiazole rings is 1. The number of rotatable bonds is 8. The van der Waals surface area contributed by atoms with Gasteiger partial charge in [0.05, 0.1) is 0 Å². The second-order valence-corrected chi connectivity index (χ2v) is 6.83. The number of carbonyl (C=O) groups is 1. The van der Waals surface area contributed by atoms with E-state index in [0.717, 1.165) is 19.4 Å². The molecule has 0 fully saturated rings. The van der Waals surface area contributed by atoms with Crippen molar-refractivity contribution in [2.24, 2.45) is 0 Å². The van der Waals surface area contributed by atoms with Crippen LogP contribution in [0.1, 0.15) is 50.2 Å². The van der Waals surface area contributed by atoms with Crippen LogP contribution in [0.4, 0.5) is 10.9 Å². The summed E-state index contributed by atoms with van der Waals surface area (Å²) in [6.45, 7) is 10.1. The van der Waals surface area contributed by atoms with Gasteiger partial charge in [-0.25, -0.2) is 4.98 Å². The summed E-state index contributed by atoms with van der Waals surface area (Å²) < 4.78 is 5.36. The van der Waals surface area contributed by atoms with Crippen LogP contribution < -0.4 is 16.4 Å². The van der Waals surface area contributed by atoms with Gasteiger partial charge in [-0.15, -0.1) is 0 Å². The van der Waals surface area contributed by atoms with Crippen LogP contribution in [0, 0.1) is 0 Å². The minimum absolute atomic E-state index is 0.116. The monoisotopic (exact) mass is 314 g/mol. The molecule has 4 N–H and O–H groups in total. The summed E-state index contributed by atoms with van der Waals surface area (Å²) in [4.78, 5) is 16.7.